The summed E-state index contributed by atoms with van der Waals surface area (Å²) in [5.41, 5.74) is 1.87. The summed E-state index contributed by atoms with van der Waals surface area (Å²) in [7, 11) is 0. The lowest BCUT2D eigenvalue weighted by Gasteiger charge is -2.18. The Morgan fingerprint density at radius 2 is 2.05 bits per heavy atom. The van der Waals surface area contributed by atoms with E-state index in [2.05, 4.69) is 26.1 Å². The molecular formula is C16H24N2O. The van der Waals surface area contributed by atoms with Crippen LogP contribution in [0.4, 0.5) is 5.69 Å². The molecule has 0 radical (unpaired) electrons. The van der Waals surface area contributed by atoms with E-state index in [4.69, 9.17) is 0 Å². The summed E-state index contributed by atoms with van der Waals surface area (Å²) in [6.45, 7) is 9.25. The summed E-state index contributed by atoms with van der Waals surface area (Å²) in [6, 6.07) is 7.80. The highest BCUT2D eigenvalue weighted by Gasteiger charge is 2.28. The summed E-state index contributed by atoms with van der Waals surface area (Å²) in [6.07, 6.45) is 1.14. The largest absolute Gasteiger partial charge is 0.385 e. The van der Waals surface area contributed by atoms with Crippen LogP contribution in [0.15, 0.2) is 24.3 Å². The Morgan fingerprint density at radius 3 is 2.58 bits per heavy atom. The third-order valence-corrected chi connectivity index (χ3v) is 3.97. The van der Waals surface area contributed by atoms with Crippen molar-refractivity contribution in [3.05, 3.63) is 29.8 Å². The molecule has 2 rings (SSSR count). The van der Waals surface area contributed by atoms with E-state index in [0.717, 1.165) is 37.3 Å². The molecule has 0 saturated carbocycles. The summed E-state index contributed by atoms with van der Waals surface area (Å²) in [5.74, 6) is 1.49. The number of nitrogens with one attached hydrogen (secondary N) is 1. The second-order valence-electron chi connectivity index (χ2n) is 5.65. The molecule has 104 valence electrons. The van der Waals surface area contributed by atoms with Gasteiger partial charge in [-0.05, 0) is 49.4 Å². The van der Waals surface area contributed by atoms with E-state index in [-0.39, 0.29) is 5.91 Å². The summed E-state index contributed by atoms with van der Waals surface area (Å²) in [4.78, 5) is 14.4. The van der Waals surface area contributed by atoms with Crippen molar-refractivity contribution in [2.75, 3.05) is 25.0 Å². The molecule has 0 bridgehead atoms. The molecule has 1 aromatic carbocycles. The monoisotopic (exact) mass is 260 g/mol. The van der Waals surface area contributed by atoms with E-state index >= 15 is 0 Å². The third kappa shape index (κ3) is 3.28. The minimum Gasteiger partial charge on any atom is -0.385 e. The van der Waals surface area contributed by atoms with Crippen molar-refractivity contribution in [1.29, 1.82) is 0 Å². The molecule has 1 atom stereocenters. The van der Waals surface area contributed by atoms with Gasteiger partial charge >= 0.3 is 0 Å². The quantitative estimate of drug-likeness (QED) is 0.901. The lowest BCUT2D eigenvalue weighted by molar-refractivity contribution is 0.0784. The topological polar surface area (TPSA) is 32.3 Å². The van der Waals surface area contributed by atoms with Crippen molar-refractivity contribution < 1.29 is 4.79 Å². The SMILES string of the molecule is CCNc1ccc(C(=O)N2CCC(C(C)C)C2)cc1. The first-order chi connectivity index (χ1) is 9.11. The van der Waals surface area contributed by atoms with Crippen LogP contribution in [0, 0.1) is 11.8 Å². The van der Waals surface area contributed by atoms with Crippen molar-refractivity contribution >= 4 is 11.6 Å². The number of anilines is 1. The molecule has 0 aliphatic carbocycles. The van der Waals surface area contributed by atoms with Crippen LogP contribution in [0.5, 0.6) is 0 Å². The number of likely N-dealkylation sites (tertiary alicyclic amines) is 1. The van der Waals surface area contributed by atoms with E-state index < -0.39 is 0 Å². The van der Waals surface area contributed by atoms with Gasteiger partial charge in [0.1, 0.15) is 0 Å². The minimum absolute atomic E-state index is 0.172. The molecule has 1 amide bonds. The highest BCUT2D eigenvalue weighted by molar-refractivity contribution is 5.94. The zero-order valence-corrected chi connectivity index (χ0v) is 12.1. The van der Waals surface area contributed by atoms with Crippen molar-refractivity contribution in [3.63, 3.8) is 0 Å². The molecule has 19 heavy (non-hydrogen) atoms. The normalized spacial score (nSPS) is 18.9. The maximum atomic E-state index is 12.4. The second kappa shape index (κ2) is 6.09. The Kier molecular flexibility index (Phi) is 4.46. The second-order valence-corrected chi connectivity index (χ2v) is 5.65. The Labute approximate surface area is 116 Å². The van der Waals surface area contributed by atoms with Gasteiger partial charge in [0.05, 0.1) is 0 Å². The average molecular weight is 260 g/mol. The Balaban J connectivity index is 2.00. The van der Waals surface area contributed by atoms with Crippen molar-refractivity contribution in [3.8, 4) is 0 Å². The van der Waals surface area contributed by atoms with Gasteiger partial charge in [-0.2, -0.15) is 0 Å². The van der Waals surface area contributed by atoms with Gasteiger partial charge in [-0.1, -0.05) is 13.8 Å². The predicted molar refractivity (Wildman–Crippen MR) is 79.5 cm³/mol. The summed E-state index contributed by atoms with van der Waals surface area (Å²) < 4.78 is 0. The molecule has 1 unspecified atom stereocenters. The number of hydrogen-bond acceptors (Lipinski definition) is 2. The number of hydrogen-bond donors (Lipinski definition) is 1. The number of carbonyl (C=O) groups is 1. The van der Waals surface area contributed by atoms with E-state index in [9.17, 15) is 4.79 Å². The summed E-state index contributed by atoms with van der Waals surface area (Å²) >= 11 is 0. The van der Waals surface area contributed by atoms with E-state index in [1.807, 2.05) is 29.2 Å². The number of amides is 1. The van der Waals surface area contributed by atoms with Crippen LogP contribution >= 0.6 is 0 Å². The van der Waals surface area contributed by atoms with Crippen LogP contribution in [0.2, 0.25) is 0 Å². The van der Waals surface area contributed by atoms with Crippen LogP contribution in [0.1, 0.15) is 37.6 Å². The van der Waals surface area contributed by atoms with Crippen LogP contribution < -0.4 is 5.32 Å². The number of carbonyl (C=O) groups excluding carboxylic acids is 1. The zero-order chi connectivity index (χ0) is 13.8. The van der Waals surface area contributed by atoms with Crippen LogP contribution in [-0.2, 0) is 0 Å². The zero-order valence-electron chi connectivity index (χ0n) is 12.1. The fourth-order valence-corrected chi connectivity index (χ4v) is 2.63. The lowest BCUT2D eigenvalue weighted by atomic mass is 9.95. The lowest BCUT2D eigenvalue weighted by Crippen LogP contribution is -2.29. The minimum atomic E-state index is 0.172. The molecule has 1 aliphatic rings. The average Bonchev–Trinajstić information content (AvgIpc) is 2.89. The third-order valence-electron chi connectivity index (χ3n) is 3.97. The van der Waals surface area contributed by atoms with Gasteiger partial charge in [0.15, 0.2) is 0 Å². The van der Waals surface area contributed by atoms with Crippen LogP contribution in [0.3, 0.4) is 0 Å². The number of rotatable bonds is 4. The Bertz CT molecular complexity index is 425. The molecule has 0 aromatic heterocycles. The molecule has 0 spiro atoms. The van der Waals surface area contributed by atoms with Crippen molar-refractivity contribution in [1.82, 2.24) is 4.90 Å². The first-order valence-electron chi connectivity index (χ1n) is 7.25. The van der Waals surface area contributed by atoms with Gasteiger partial charge in [0.2, 0.25) is 0 Å². The standard InChI is InChI=1S/C16H24N2O/c1-4-17-15-7-5-13(6-8-15)16(19)18-10-9-14(11-18)12(2)3/h5-8,12,14,17H,4,9-11H2,1-3H3. The van der Waals surface area contributed by atoms with E-state index in [1.165, 1.54) is 0 Å². The Hall–Kier alpha value is -1.51. The van der Waals surface area contributed by atoms with E-state index in [0.29, 0.717) is 11.8 Å². The van der Waals surface area contributed by atoms with Crippen LogP contribution in [0.25, 0.3) is 0 Å². The van der Waals surface area contributed by atoms with Gasteiger partial charge in [0.25, 0.3) is 5.91 Å². The van der Waals surface area contributed by atoms with Gasteiger partial charge in [-0.15, -0.1) is 0 Å². The molecule has 1 aliphatic heterocycles. The van der Waals surface area contributed by atoms with Gasteiger partial charge in [-0.3, -0.25) is 4.79 Å². The van der Waals surface area contributed by atoms with Gasteiger partial charge in [0, 0.05) is 30.9 Å². The maximum absolute atomic E-state index is 12.4. The molecule has 3 heteroatoms. The highest BCUT2D eigenvalue weighted by atomic mass is 16.2. The predicted octanol–water partition coefficient (Wildman–Crippen LogP) is 3.24. The maximum Gasteiger partial charge on any atom is 0.253 e. The molecule has 1 saturated heterocycles. The van der Waals surface area contributed by atoms with Crippen molar-refractivity contribution in [2.24, 2.45) is 11.8 Å². The first kappa shape index (κ1) is 13.9. The molecule has 1 aromatic rings. The van der Waals surface area contributed by atoms with Gasteiger partial charge < -0.3 is 10.2 Å². The summed E-state index contributed by atoms with van der Waals surface area (Å²) in [5, 5.41) is 3.24. The fraction of sp³-hybridized carbons (Fsp3) is 0.562. The molecule has 1 heterocycles. The number of nitrogens with zero attached hydrogens (tertiary/aromatic N) is 1. The smallest absolute Gasteiger partial charge is 0.253 e. The molecule has 1 N–H and O–H groups in total. The first-order valence-corrected chi connectivity index (χ1v) is 7.25. The molecule has 3 nitrogen and oxygen atoms in total. The molecular weight excluding hydrogens is 236 g/mol. The Morgan fingerprint density at radius 1 is 1.37 bits per heavy atom. The highest BCUT2D eigenvalue weighted by Crippen LogP contribution is 2.25. The van der Waals surface area contributed by atoms with Crippen LogP contribution in [-0.4, -0.2) is 30.4 Å². The van der Waals surface area contributed by atoms with E-state index in [1.54, 1.807) is 0 Å². The van der Waals surface area contributed by atoms with Crippen molar-refractivity contribution in [2.45, 2.75) is 27.2 Å². The fourth-order valence-electron chi connectivity index (χ4n) is 2.63. The number of benzene rings is 1. The van der Waals surface area contributed by atoms with Gasteiger partial charge in [-0.25, -0.2) is 0 Å². The molecule has 1 fully saturated rings.